The first-order valence-corrected chi connectivity index (χ1v) is 1.99. The molecular weight excluding hydrogens is 87.0 g/mol. The molecule has 0 bridgehead atoms. The molecule has 0 aromatic heterocycles. The maximum atomic E-state index is 4.83. The van der Waals surface area contributed by atoms with Gasteiger partial charge in [-0.1, -0.05) is 0 Å². The minimum atomic E-state index is 0. The normalized spacial score (nSPS) is 7.00. The van der Waals surface area contributed by atoms with Crippen LogP contribution in [-0.4, -0.2) is 42.8 Å². The van der Waals surface area contributed by atoms with Crippen LogP contribution in [0.4, 0.5) is 0 Å². The van der Waals surface area contributed by atoms with Crippen molar-refractivity contribution >= 4 is 29.6 Å². The average molecular weight is 98.1 g/mol. The van der Waals surface area contributed by atoms with Crippen molar-refractivity contribution in [1.29, 1.82) is 0 Å². The Kier molecular flexibility index (Phi) is 15.7. The van der Waals surface area contributed by atoms with Crippen LogP contribution in [0.5, 0.6) is 0 Å². The predicted octanol–water partition coefficient (Wildman–Crippen LogP) is 0.394. The number of hydrogen-bond acceptors (Lipinski definition) is 1. The van der Waals surface area contributed by atoms with Crippen LogP contribution < -0.4 is 0 Å². The Balaban J connectivity index is 0. The third-order valence-electron chi connectivity index (χ3n) is 0.408. The molecule has 0 aromatic carbocycles. The van der Waals surface area contributed by atoms with E-state index in [0.29, 0.717) is 0 Å². The Labute approximate surface area is 61.4 Å². The van der Waals surface area contributed by atoms with Gasteiger partial charge in [0.05, 0.1) is 0 Å². The van der Waals surface area contributed by atoms with Gasteiger partial charge in [0.2, 0.25) is 0 Å². The van der Waals surface area contributed by atoms with Crippen LogP contribution in [-0.2, 0) is 4.74 Å². The molecule has 6 heavy (non-hydrogen) atoms. The second-order valence-electron chi connectivity index (χ2n) is 0.781. The molecule has 34 valence electrons. The molecule has 0 aliphatic heterocycles. The van der Waals surface area contributed by atoms with Gasteiger partial charge in [-0.25, -0.2) is 0 Å². The van der Waals surface area contributed by atoms with E-state index in [-0.39, 0.29) is 29.6 Å². The molecule has 0 heterocycles. The predicted molar refractivity (Wildman–Crippen MR) is 29.3 cm³/mol. The van der Waals surface area contributed by atoms with Crippen molar-refractivity contribution in [2.75, 3.05) is 13.2 Å². The van der Waals surface area contributed by atoms with E-state index >= 15 is 0 Å². The van der Waals surface area contributed by atoms with Gasteiger partial charge in [0, 0.05) is 13.2 Å². The third-order valence-corrected chi connectivity index (χ3v) is 0.408. The molecular formula is C4H11NaO. The summed E-state index contributed by atoms with van der Waals surface area (Å²) in [5.74, 6) is 0. The summed E-state index contributed by atoms with van der Waals surface area (Å²) in [4.78, 5) is 0. The quantitative estimate of drug-likeness (QED) is 0.454. The molecule has 0 unspecified atom stereocenters. The molecule has 0 saturated heterocycles. The summed E-state index contributed by atoms with van der Waals surface area (Å²) in [6, 6.07) is 0. The molecule has 0 saturated carbocycles. The number of ether oxygens (including phenoxy) is 1. The summed E-state index contributed by atoms with van der Waals surface area (Å²) in [6.07, 6.45) is 0. The van der Waals surface area contributed by atoms with Crippen molar-refractivity contribution in [2.24, 2.45) is 0 Å². The van der Waals surface area contributed by atoms with Gasteiger partial charge >= 0.3 is 29.6 Å². The Morgan fingerprint density at radius 3 is 1.50 bits per heavy atom. The SMILES string of the molecule is CCOCC.[NaH]. The Morgan fingerprint density at radius 2 is 1.50 bits per heavy atom. The third kappa shape index (κ3) is 8.88. The summed E-state index contributed by atoms with van der Waals surface area (Å²) in [7, 11) is 0. The average Bonchev–Trinajstić information content (AvgIpc) is 1.41. The fraction of sp³-hybridized carbons (Fsp3) is 1.00. The fourth-order valence-corrected chi connectivity index (χ4v) is 0.204. The van der Waals surface area contributed by atoms with E-state index in [0.717, 1.165) is 13.2 Å². The number of hydrogen-bond donors (Lipinski definition) is 0. The van der Waals surface area contributed by atoms with Crippen LogP contribution in [0.3, 0.4) is 0 Å². The molecule has 0 aliphatic carbocycles. The molecule has 0 aliphatic rings. The first-order chi connectivity index (χ1) is 2.41. The second-order valence-corrected chi connectivity index (χ2v) is 0.781. The standard InChI is InChI=1S/C4H10O.Na.H/c1-3-5-4-2;;/h3-4H2,1-2H3;;. The summed E-state index contributed by atoms with van der Waals surface area (Å²) < 4.78 is 4.83. The van der Waals surface area contributed by atoms with Crippen LogP contribution in [0.1, 0.15) is 13.8 Å². The molecule has 0 rings (SSSR count). The maximum absolute atomic E-state index is 4.83. The van der Waals surface area contributed by atoms with Gasteiger partial charge in [-0.3, -0.25) is 0 Å². The Hall–Kier alpha value is 0.960. The van der Waals surface area contributed by atoms with Crippen molar-refractivity contribution in [3.63, 3.8) is 0 Å². The van der Waals surface area contributed by atoms with Crippen LogP contribution in [0.2, 0.25) is 0 Å². The molecule has 0 radical (unpaired) electrons. The van der Waals surface area contributed by atoms with Gasteiger partial charge in [-0.15, -0.1) is 0 Å². The molecule has 2 heteroatoms. The van der Waals surface area contributed by atoms with E-state index in [9.17, 15) is 0 Å². The van der Waals surface area contributed by atoms with Crippen LogP contribution in [0, 0.1) is 0 Å². The molecule has 0 fully saturated rings. The van der Waals surface area contributed by atoms with Crippen molar-refractivity contribution in [2.45, 2.75) is 13.8 Å². The summed E-state index contributed by atoms with van der Waals surface area (Å²) in [6.45, 7) is 5.67. The monoisotopic (exact) mass is 98.1 g/mol. The van der Waals surface area contributed by atoms with Crippen molar-refractivity contribution < 1.29 is 4.74 Å². The molecule has 0 atom stereocenters. The topological polar surface area (TPSA) is 9.23 Å². The molecule has 1 nitrogen and oxygen atoms in total. The minimum absolute atomic E-state index is 0. The van der Waals surface area contributed by atoms with Crippen molar-refractivity contribution in [3.8, 4) is 0 Å². The first-order valence-electron chi connectivity index (χ1n) is 1.99. The summed E-state index contributed by atoms with van der Waals surface area (Å²) in [5.41, 5.74) is 0. The van der Waals surface area contributed by atoms with E-state index in [4.69, 9.17) is 4.74 Å². The fourth-order valence-electron chi connectivity index (χ4n) is 0.204. The zero-order chi connectivity index (χ0) is 4.12. The van der Waals surface area contributed by atoms with E-state index in [1.807, 2.05) is 13.8 Å². The Morgan fingerprint density at radius 1 is 1.17 bits per heavy atom. The second kappa shape index (κ2) is 9.35. The van der Waals surface area contributed by atoms with Crippen molar-refractivity contribution in [3.05, 3.63) is 0 Å². The van der Waals surface area contributed by atoms with Crippen molar-refractivity contribution in [1.82, 2.24) is 0 Å². The summed E-state index contributed by atoms with van der Waals surface area (Å²) >= 11 is 0. The van der Waals surface area contributed by atoms with Gasteiger partial charge < -0.3 is 4.74 Å². The summed E-state index contributed by atoms with van der Waals surface area (Å²) in [5, 5.41) is 0. The molecule has 0 N–H and O–H groups in total. The first kappa shape index (κ1) is 10.0. The molecule has 0 spiro atoms. The van der Waals surface area contributed by atoms with Crippen LogP contribution in [0.25, 0.3) is 0 Å². The van der Waals surface area contributed by atoms with Gasteiger partial charge in [-0.05, 0) is 13.8 Å². The van der Waals surface area contributed by atoms with E-state index in [1.165, 1.54) is 0 Å². The van der Waals surface area contributed by atoms with E-state index in [2.05, 4.69) is 0 Å². The van der Waals surface area contributed by atoms with E-state index < -0.39 is 0 Å². The van der Waals surface area contributed by atoms with Gasteiger partial charge in [-0.2, -0.15) is 0 Å². The van der Waals surface area contributed by atoms with Crippen LogP contribution in [0.15, 0.2) is 0 Å². The van der Waals surface area contributed by atoms with Gasteiger partial charge in [0.15, 0.2) is 0 Å². The van der Waals surface area contributed by atoms with Crippen LogP contribution >= 0.6 is 0 Å². The van der Waals surface area contributed by atoms with Gasteiger partial charge in [0.1, 0.15) is 0 Å². The van der Waals surface area contributed by atoms with Gasteiger partial charge in [0.25, 0.3) is 0 Å². The molecule has 0 aromatic rings. The van der Waals surface area contributed by atoms with E-state index in [1.54, 1.807) is 0 Å². The zero-order valence-corrected chi connectivity index (χ0v) is 3.82. The Bertz CT molecular complexity index is 15.0. The molecule has 0 amide bonds. The zero-order valence-electron chi connectivity index (χ0n) is 3.82. The number of rotatable bonds is 2.